The molecule has 0 amide bonds. The minimum Gasteiger partial charge on any atom is -0.508 e. The molecule has 1 unspecified atom stereocenters. The third-order valence-corrected chi connectivity index (χ3v) is 6.94. The molecule has 5 heteroatoms. The normalized spacial score (nSPS) is 20.3. The van der Waals surface area contributed by atoms with E-state index in [1.54, 1.807) is 30.3 Å². The molecule has 35 heavy (non-hydrogen) atoms. The maximum atomic E-state index is 12.8. The Morgan fingerprint density at radius 2 is 1.83 bits per heavy atom. The zero-order valence-corrected chi connectivity index (χ0v) is 19.8. The number of aromatic hydroxyl groups is 2. The minimum absolute atomic E-state index is 0.185. The molecule has 1 fully saturated rings. The molecule has 4 nitrogen and oxygen atoms in total. The van der Waals surface area contributed by atoms with E-state index < -0.39 is 0 Å². The van der Waals surface area contributed by atoms with Crippen LogP contribution in [0.1, 0.15) is 41.7 Å². The highest BCUT2D eigenvalue weighted by molar-refractivity contribution is 5.95. The van der Waals surface area contributed by atoms with Gasteiger partial charge in [-0.2, -0.15) is 0 Å². The van der Waals surface area contributed by atoms with Crippen molar-refractivity contribution in [1.82, 2.24) is 4.90 Å². The number of phenols is 2. The molecule has 0 spiro atoms. The summed E-state index contributed by atoms with van der Waals surface area (Å²) >= 11 is 0. The monoisotopic (exact) mass is 471 g/mol. The zero-order valence-electron chi connectivity index (χ0n) is 19.8. The number of alkyl halides is 1. The van der Waals surface area contributed by atoms with Crippen molar-refractivity contribution in [3.8, 4) is 17.2 Å². The van der Waals surface area contributed by atoms with Crippen molar-refractivity contribution in [1.29, 1.82) is 0 Å². The van der Waals surface area contributed by atoms with Crippen molar-refractivity contribution in [2.45, 2.75) is 19.4 Å². The Morgan fingerprint density at radius 1 is 1.03 bits per heavy atom. The average molecular weight is 472 g/mol. The predicted molar refractivity (Wildman–Crippen MR) is 138 cm³/mol. The average Bonchev–Trinajstić information content (AvgIpc) is 3.33. The van der Waals surface area contributed by atoms with Gasteiger partial charge in [0.15, 0.2) is 0 Å². The van der Waals surface area contributed by atoms with E-state index in [0.29, 0.717) is 0 Å². The Hall–Kier alpha value is -3.57. The van der Waals surface area contributed by atoms with Gasteiger partial charge in [-0.1, -0.05) is 48.6 Å². The SMILES string of the molecule is CC1=C(c2cccc(O)c2)C(c2ccc(/C=C/CN3CC[C@@H](CF)C3)cc2)Oc2ccc(O)cc21. The first-order valence-electron chi connectivity index (χ1n) is 12.1. The first-order chi connectivity index (χ1) is 17.0. The number of ether oxygens (including phenoxy) is 1. The van der Waals surface area contributed by atoms with Gasteiger partial charge in [0.1, 0.15) is 23.4 Å². The highest BCUT2D eigenvalue weighted by Gasteiger charge is 2.29. The van der Waals surface area contributed by atoms with E-state index >= 15 is 0 Å². The van der Waals surface area contributed by atoms with Crippen molar-refractivity contribution in [3.63, 3.8) is 0 Å². The van der Waals surface area contributed by atoms with E-state index in [2.05, 4.69) is 41.3 Å². The number of nitrogens with zero attached hydrogens (tertiary/aromatic N) is 1. The molecule has 0 aliphatic carbocycles. The standard InChI is InChI=1S/C30H30FNO3/c1-20-27-17-26(34)11-12-28(27)35-30(29(20)24-5-2-6-25(33)16-24)23-9-7-21(8-10-23)4-3-14-32-15-13-22(18-31)19-32/h2-12,16-17,22,30,33-34H,13-15,18-19H2,1H3/b4-3+/t22-,30?/m0/s1. The summed E-state index contributed by atoms with van der Waals surface area (Å²) in [7, 11) is 0. The maximum Gasteiger partial charge on any atom is 0.150 e. The van der Waals surface area contributed by atoms with Crippen LogP contribution in [0.25, 0.3) is 17.2 Å². The molecule has 0 radical (unpaired) electrons. The summed E-state index contributed by atoms with van der Waals surface area (Å²) in [5, 5.41) is 20.2. The minimum atomic E-state index is -0.353. The van der Waals surface area contributed by atoms with E-state index in [1.165, 1.54) is 0 Å². The van der Waals surface area contributed by atoms with Gasteiger partial charge < -0.3 is 14.9 Å². The molecule has 2 atom stereocenters. The van der Waals surface area contributed by atoms with Crippen LogP contribution in [0.15, 0.2) is 72.8 Å². The molecule has 2 heterocycles. The number of phenolic OH excluding ortho intramolecular Hbond substituents is 2. The van der Waals surface area contributed by atoms with Crippen LogP contribution in [0.5, 0.6) is 17.2 Å². The van der Waals surface area contributed by atoms with E-state index in [1.807, 2.05) is 19.1 Å². The molecule has 0 saturated carbocycles. The number of allylic oxidation sites excluding steroid dienone is 1. The molecular weight excluding hydrogens is 441 g/mol. The number of hydrogen-bond donors (Lipinski definition) is 2. The second-order valence-corrected chi connectivity index (χ2v) is 9.40. The van der Waals surface area contributed by atoms with Gasteiger partial charge in [0, 0.05) is 30.1 Å². The number of fused-ring (bicyclic) bond motifs is 1. The van der Waals surface area contributed by atoms with Gasteiger partial charge in [-0.05, 0) is 72.5 Å². The first-order valence-corrected chi connectivity index (χ1v) is 12.1. The lowest BCUT2D eigenvalue weighted by Crippen LogP contribution is -2.20. The molecule has 3 aromatic rings. The molecule has 180 valence electrons. The molecule has 3 aromatic carbocycles. The smallest absolute Gasteiger partial charge is 0.150 e. The summed E-state index contributed by atoms with van der Waals surface area (Å²) in [6.45, 7) is 4.42. The summed E-state index contributed by atoms with van der Waals surface area (Å²) in [5.74, 6) is 1.28. The Labute approximate surface area is 205 Å². The first kappa shape index (κ1) is 23.2. The topological polar surface area (TPSA) is 52.9 Å². The van der Waals surface area contributed by atoms with Crippen LogP contribution in [-0.2, 0) is 0 Å². The van der Waals surface area contributed by atoms with Gasteiger partial charge in [-0.3, -0.25) is 9.29 Å². The van der Waals surface area contributed by atoms with Crippen LogP contribution >= 0.6 is 0 Å². The largest absolute Gasteiger partial charge is 0.508 e. The summed E-state index contributed by atoms with van der Waals surface area (Å²) in [6.07, 6.45) is 4.83. The van der Waals surface area contributed by atoms with Crippen molar-refractivity contribution in [2.75, 3.05) is 26.3 Å². The Bertz CT molecular complexity index is 1260. The molecular formula is C30H30FNO3. The number of rotatable bonds is 6. The molecule has 5 rings (SSSR count). The lowest BCUT2D eigenvalue weighted by Gasteiger charge is -2.31. The van der Waals surface area contributed by atoms with Crippen LogP contribution in [0.4, 0.5) is 4.39 Å². The molecule has 1 saturated heterocycles. The second-order valence-electron chi connectivity index (χ2n) is 9.40. The van der Waals surface area contributed by atoms with Crippen molar-refractivity contribution in [2.24, 2.45) is 5.92 Å². The molecule has 0 bridgehead atoms. The van der Waals surface area contributed by atoms with E-state index in [-0.39, 0.29) is 30.2 Å². The quantitative estimate of drug-likeness (QED) is 0.433. The number of benzene rings is 3. The van der Waals surface area contributed by atoms with Crippen molar-refractivity contribution in [3.05, 3.63) is 95.1 Å². The Kier molecular flexibility index (Phi) is 6.60. The molecule has 2 N–H and O–H groups in total. The fourth-order valence-corrected chi connectivity index (χ4v) is 5.04. The third kappa shape index (κ3) is 4.96. The van der Waals surface area contributed by atoms with Gasteiger partial charge in [0.25, 0.3) is 0 Å². The van der Waals surface area contributed by atoms with Gasteiger partial charge in [0.2, 0.25) is 0 Å². The predicted octanol–water partition coefficient (Wildman–Crippen LogP) is 6.47. The van der Waals surface area contributed by atoms with Crippen LogP contribution in [0.2, 0.25) is 0 Å². The van der Waals surface area contributed by atoms with Gasteiger partial charge in [-0.25, -0.2) is 0 Å². The van der Waals surface area contributed by atoms with Gasteiger partial charge in [0.05, 0.1) is 6.67 Å². The fourth-order valence-electron chi connectivity index (χ4n) is 5.04. The van der Waals surface area contributed by atoms with Crippen molar-refractivity contribution < 1.29 is 19.3 Å². The van der Waals surface area contributed by atoms with Crippen LogP contribution < -0.4 is 4.74 Å². The van der Waals surface area contributed by atoms with Crippen molar-refractivity contribution >= 4 is 17.2 Å². The molecule has 0 aromatic heterocycles. The van der Waals surface area contributed by atoms with E-state index in [0.717, 1.165) is 65.2 Å². The van der Waals surface area contributed by atoms with Crippen LogP contribution in [0.3, 0.4) is 0 Å². The highest BCUT2D eigenvalue weighted by Crippen LogP contribution is 2.47. The van der Waals surface area contributed by atoms with E-state index in [9.17, 15) is 14.6 Å². The number of likely N-dealkylation sites (tertiary alicyclic amines) is 1. The van der Waals surface area contributed by atoms with Crippen LogP contribution in [-0.4, -0.2) is 41.4 Å². The summed E-state index contributed by atoms with van der Waals surface area (Å²) in [5.41, 5.74) is 5.77. The van der Waals surface area contributed by atoms with Gasteiger partial charge in [-0.15, -0.1) is 0 Å². The summed E-state index contributed by atoms with van der Waals surface area (Å²) < 4.78 is 19.3. The number of halogens is 1. The fraction of sp³-hybridized carbons (Fsp3) is 0.267. The van der Waals surface area contributed by atoms with Gasteiger partial charge >= 0.3 is 0 Å². The highest BCUT2D eigenvalue weighted by atomic mass is 19.1. The summed E-state index contributed by atoms with van der Waals surface area (Å²) in [6, 6.07) is 20.6. The Morgan fingerprint density at radius 3 is 2.57 bits per heavy atom. The molecule has 2 aliphatic heterocycles. The molecule has 2 aliphatic rings. The lowest BCUT2D eigenvalue weighted by molar-refractivity contribution is 0.259. The third-order valence-electron chi connectivity index (χ3n) is 6.94. The number of hydrogen-bond acceptors (Lipinski definition) is 4. The second kappa shape index (κ2) is 9.96. The van der Waals surface area contributed by atoms with Crippen LogP contribution in [0, 0.1) is 5.92 Å². The van der Waals surface area contributed by atoms with E-state index in [4.69, 9.17) is 4.74 Å². The lowest BCUT2D eigenvalue weighted by atomic mass is 9.86. The maximum absolute atomic E-state index is 12.8. The Balaban J connectivity index is 1.41. The zero-order chi connectivity index (χ0) is 24.4. The summed E-state index contributed by atoms with van der Waals surface area (Å²) in [4.78, 5) is 2.29.